The van der Waals surface area contributed by atoms with Gasteiger partial charge in [0.05, 0.1) is 18.8 Å². The fourth-order valence-electron chi connectivity index (χ4n) is 3.21. The lowest BCUT2D eigenvalue weighted by Gasteiger charge is -2.35. The molecule has 2 saturated heterocycles. The lowest BCUT2D eigenvalue weighted by molar-refractivity contribution is -0.0938. The van der Waals surface area contributed by atoms with E-state index >= 15 is 0 Å². The van der Waals surface area contributed by atoms with E-state index in [1.165, 1.54) is 24.9 Å². The Labute approximate surface area is 113 Å². The first-order valence-electron chi connectivity index (χ1n) is 6.76. The van der Waals surface area contributed by atoms with Crippen LogP contribution in [0.5, 0.6) is 0 Å². The van der Waals surface area contributed by atoms with E-state index < -0.39 is 0 Å². The van der Waals surface area contributed by atoms with Crippen molar-refractivity contribution < 1.29 is 9.47 Å². The van der Waals surface area contributed by atoms with E-state index in [0.717, 1.165) is 19.6 Å². The molecule has 100 valence electrons. The summed E-state index contributed by atoms with van der Waals surface area (Å²) in [5.41, 5.74) is 1.44. The van der Waals surface area contributed by atoms with Gasteiger partial charge in [0.15, 0.2) is 0 Å². The molecule has 3 nitrogen and oxygen atoms in total. The molecule has 3 heterocycles. The van der Waals surface area contributed by atoms with Crippen LogP contribution in [0.2, 0.25) is 0 Å². The number of rotatable bonds is 4. The molecule has 1 aromatic heterocycles. The van der Waals surface area contributed by atoms with Crippen LogP contribution in [0.3, 0.4) is 0 Å². The quantitative estimate of drug-likeness (QED) is 0.836. The summed E-state index contributed by atoms with van der Waals surface area (Å²) in [4.78, 5) is 2.59. The molecule has 0 radical (unpaired) electrons. The van der Waals surface area contributed by atoms with Crippen molar-refractivity contribution in [2.45, 2.75) is 44.1 Å². The number of nitrogens with zero attached hydrogens (tertiary/aromatic N) is 1. The second-order valence-electron chi connectivity index (χ2n) is 5.29. The van der Waals surface area contributed by atoms with Gasteiger partial charge in [0, 0.05) is 26.2 Å². The summed E-state index contributed by atoms with van der Waals surface area (Å²) >= 11 is 1.78. The molecule has 3 rings (SSSR count). The van der Waals surface area contributed by atoms with Crippen LogP contribution in [0.4, 0.5) is 0 Å². The van der Waals surface area contributed by atoms with Crippen LogP contribution in [0.15, 0.2) is 16.8 Å². The van der Waals surface area contributed by atoms with Gasteiger partial charge < -0.3 is 9.47 Å². The maximum Gasteiger partial charge on any atom is 0.0813 e. The largest absolute Gasteiger partial charge is 0.382 e. The average Bonchev–Trinajstić information content (AvgIpc) is 3.00. The van der Waals surface area contributed by atoms with E-state index in [-0.39, 0.29) is 0 Å². The molecule has 0 aromatic carbocycles. The molecule has 0 spiro atoms. The van der Waals surface area contributed by atoms with Crippen LogP contribution in [-0.4, -0.2) is 43.4 Å². The van der Waals surface area contributed by atoms with Crippen molar-refractivity contribution >= 4 is 11.3 Å². The van der Waals surface area contributed by atoms with Gasteiger partial charge in [-0.25, -0.2) is 0 Å². The number of likely N-dealkylation sites (tertiary alicyclic amines) is 1. The first-order valence-corrected chi connectivity index (χ1v) is 7.70. The number of ether oxygens (including phenoxy) is 2. The maximum absolute atomic E-state index is 6.14. The van der Waals surface area contributed by atoms with E-state index in [9.17, 15) is 0 Å². The number of methoxy groups -OCH3 is 1. The first kappa shape index (κ1) is 12.6. The van der Waals surface area contributed by atoms with E-state index in [4.69, 9.17) is 9.47 Å². The number of hydrogen-bond donors (Lipinski definition) is 0. The van der Waals surface area contributed by atoms with Gasteiger partial charge in [0.1, 0.15) is 0 Å². The monoisotopic (exact) mass is 267 g/mol. The summed E-state index contributed by atoms with van der Waals surface area (Å²) in [5, 5.41) is 4.42. The van der Waals surface area contributed by atoms with Gasteiger partial charge in [-0.15, -0.1) is 0 Å². The molecular formula is C14H21NO2S. The summed E-state index contributed by atoms with van der Waals surface area (Å²) in [7, 11) is 1.76. The molecule has 3 atom stereocenters. The molecule has 0 N–H and O–H groups in total. The minimum absolute atomic E-state index is 0.317. The third kappa shape index (κ3) is 2.62. The Hall–Kier alpha value is -0.420. The van der Waals surface area contributed by atoms with Gasteiger partial charge in [0.2, 0.25) is 0 Å². The Morgan fingerprint density at radius 3 is 3.17 bits per heavy atom. The molecule has 0 aliphatic carbocycles. The van der Waals surface area contributed by atoms with Crippen LogP contribution in [0, 0.1) is 0 Å². The van der Waals surface area contributed by atoms with Gasteiger partial charge in [-0.2, -0.15) is 11.3 Å². The fraction of sp³-hybridized carbons (Fsp3) is 0.714. The second kappa shape index (κ2) is 5.70. The van der Waals surface area contributed by atoms with E-state index in [1.54, 1.807) is 18.4 Å². The van der Waals surface area contributed by atoms with Crippen LogP contribution in [0.1, 0.15) is 24.8 Å². The average molecular weight is 267 g/mol. The molecule has 0 unspecified atom stereocenters. The minimum atomic E-state index is 0.317. The second-order valence-corrected chi connectivity index (χ2v) is 6.07. The molecule has 1 aromatic rings. The zero-order valence-electron chi connectivity index (χ0n) is 10.9. The van der Waals surface area contributed by atoms with E-state index in [1.807, 2.05) is 0 Å². The molecule has 18 heavy (non-hydrogen) atoms. The van der Waals surface area contributed by atoms with Gasteiger partial charge in [-0.1, -0.05) is 0 Å². The highest BCUT2D eigenvalue weighted by molar-refractivity contribution is 7.07. The maximum atomic E-state index is 6.14. The fourth-order valence-corrected chi connectivity index (χ4v) is 3.87. The van der Waals surface area contributed by atoms with Crippen molar-refractivity contribution in [3.63, 3.8) is 0 Å². The zero-order chi connectivity index (χ0) is 12.4. The van der Waals surface area contributed by atoms with Crippen molar-refractivity contribution in [1.29, 1.82) is 0 Å². The Balaban J connectivity index is 1.58. The molecule has 2 aliphatic heterocycles. The highest BCUT2D eigenvalue weighted by Gasteiger charge is 2.39. The van der Waals surface area contributed by atoms with Crippen LogP contribution < -0.4 is 0 Å². The molecule has 2 fully saturated rings. The Bertz CT molecular complexity index is 368. The van der Waals surface area contributed by atoms with Gasteiger partial charge in [0.25, 0.3) is 0 Å². The van der Waals surface area contributed by atoms with Crippen LogP contribution in [0.25, 0.3) is 0 Å². The van der Waals surface area contributed by atoms with Crippen molar-refractivity contribution in [2.75, 3.05) is 20.3 Å². The van der Waals surface area contributed by atoms with Crippen LogP contribution in [-0.2, 0) is 16.0 Å². The number of hydrogen-bond acceptors (Lipinski definition) is 4. The standard InChI is InChI=1S/C14H21NO2S/c1-16-9-12-2-3-13-14(17-12)4-6-15(13)8-11-5-7-18-10-11/h5,7,10,12-14H,2-4,6,8-9H2,1H3/t12-,13+,14+/m0/s1. The lowest BCUT2D eigenvalue weighted by Crippen LogP contribution is -2.43. The smallest absolute Gasteiger partial charge is 0.0813 e. The Kier molecular flexibility index (Phi) is 3.99. The Morgan fingerprint density at radius 1 is 1.44 bits per heavy atom. The zero-order valence-corrected chi connectivity index (χ0v) is 11.7. The number of fused-ring (bicyclic) bond motifs is 1. The van der Waals surface area contributed by atoms with Gasteiger partial charge in [-0.3, -0.25) is 4.90 Å². The molecule has 4 heteroatoms. The SMILES string of the molecule is COC[C@@H]1CC[C@@H]2[C@@H](CCN2Cc2ccsc2)O1. The van der Waals surface area contributed by atoms with Crippen molar-refractivity contribution in [1.82, 2.24) is 4.90 Å². The Morgan fingerprint density at radius 2 is 2.39 bits per heavy atom. The summed E-state index contributed by atoms with van der Waals surface area (Å²) in [5.74, 6) is 0. The summed E-state index contributed by atoms with van der Waals surface area (Å²) < 4.78 is 11.3. The van der Waals surface area contributed by atoms with Crippen molar-refractivity contribution in [3.05, 3.63) is 22.4 Å². The van der Waals surface area contributed by atoms with Gasteiger partial charge in [-0.05, 0) is 41.7 Å². The lowest BCUT2D eigenvalue weighted by atomic mass is 9.99. The first-order chi connectivity index (χ1) is 8.86. The molecular weight excluding hydrogens is 246 g/mol. The summed E-state index contributed by atoms with van der Waals surface area (Å²) in [6, 6.07) is 2.85. The third-order valence-corrected chi connectivity index (χ3v) is 4.80. The molecule has 0 amide bonds. The highest BCUT2D eigenvalue weighted by Crippen LogP contribution is 2.32. The third-order valence-electron chi connectivity index (χ3n) is 4.07. The van der Waals surface area contributed by atoms with E-state index in [2.05, 4.69) is 21.7 Å². The minimum Gasteiger partial charge on any atom is -0.382 e. The molecule has 0 bridgehead atoms. The topological polar surface area (TPSA) is 21.7 Å². The van der Waals surface area contributed by atoms with E-state index in [0.29, 0.717) is 18.2 Å². The molecule has 2 aliphatic rings. The van der Waals surface area contributed by atoms with Crippen LogP contribution >= 0.6 is 11.3 Å². The predicted molar refractivity (Wildman–Crippen MR) is 72.9 cm³/mol. The summed E-state index contributed by atoms with van der Waals surface area (Å²) in [6.07, 6.45) is 4.31. The predicted octanol–water partition coefficient (Wildman–Crippen LogP) is 2.52. The van der Waals surface area contributed by atoms with Gasteiger partial charge >= 0.3 is 0 Å². The highest BCUT2D eigenvalue weighted by atomic mass is 32.1. The van der Waals surface area contributed by atoms with Crippen molar-refractivity contribution in [3.8, 4) is 0 Å². The normalized spacial score (nSPS) is 32.6. The van der Waals surface area contributed by atoms with Crippen molar-refractivity contribution in [2.24, 2.45) is 0 Å². The number of thiophene rings is 1. The summed E-state index contributed by atoms with van der Waals surface area (Å²) in [6.45, 7) is 3.00. The molecule has 0 saturated carbocycles.